The molecule has 0 atom stereocenters. The summed E-state index contributed by atoms with van der Waals surface area (Å²) in [6.45, 7) is 5.40. The standard InChI is InChI=1S/C22H19NO/c1-16(2)22(24)23-21-14-19(17-9-5-3-6-10-17)13-20(15-21)18-11-7-4-8-12-18/h3-15H,1H2,2H3,(H,23,24). The molecule has 0 aliphatic rings. The Morgan fingerprint density at radius 3 is 1.62 bits per heavy atom. The second kappa shape index (κ2) is 6.97. The van der Waals surface area contributed by atoms with Crippen molar-refractivity contribution in [2.75, 3.05) is 5.32 Å². The molecule has 0 fully saturated rings. The van der Waals surface area contributed by atoms with E-state index in [2.05, 4.69) is 42.2 Å². The zero-order valence-corrected chi connectivity index (χ0v) is 13.6. The van der Waals surface area contributed by atoms with Crippen LogP contribution in [0.1, 0.15) is 6.92 Å². The van der Waals surface area contributed by atoms with Crippen LogP contribution in [0.25, 0.3) is 22.3 Å². The molecular weight excluding hydrogens is 294 g/mol. The predicted molar refractivity (Wildman–Crippen MR) is 101 cm³/mol. The van der Waals surface area contributed by atoms with Crippen LogP contribution >= 0.6 is 0 Å². The summed E-state index contributed by atoms with van der Waals surface area (Å²) in [5.41, 5.74) is 5.61. The molecule has 24 heavy (non-hydrogen) atoms. The Balaban J connectivity index is 2.09. The minimum atomic E-state index is -0.167. The average molecular weight is 313 g/mol. The first kappa shape index (κ1) is 15.8. The zero-order chi connectivity index (χ0) is 16.9. The van der Waals surface area contributed by atoms with Crippen LogP contribution in [0.5, 0.6) is 0 Å². The maximum Gasteiger partial charge on any atom is 0.250 e. The normalized spacial score (nSPS) is 10.2. The van der Waals surface area contributed by atoms with Gasteiger partial charge in [0.2, 0.25) is 0 Å². The number of carbonyl (C=O) groups is 1. The van der Waals surface area contributed by atoms with Crippen molar-refractivity contribution >= 4 is 11.6 Å². The third kappa shape index (κ3) is 3.61. The van der Waals surface area contributed by atoms with Crippen LogP contribution in [-0.2, 0) is 4.79 Å². The summed E-state index contributed by atoms with van der Waals surface area (Å²) >= 11 is 0. The first-order valence-electron chi connectivity index (χ1n) is 7.86. The summed E-state index contributed by atoms with van der Waals surface area (Å²) in [6, 6.07) is 26.4. The molecule has 2 heteroatoms. The van der Waals surface area contributed by atoms with Crippen LogP contribution in [0, 0.1) is 0 Å². The third-order valence-electron chi connectivity index (χ3n) is 3.79. The Bertz CT molecular complexity index is 809. The van der Waals surface area contributed by atoms with Crippen LogP contribution in [0.2, 0.25) is 0 Å². The zero-order valence-electron chi connectivity index (χ0n) is 13.6. The Morgan fingerprint density at radius 2 is 1.21 bits per heavy atom. The Labute approximate surface area is 142 Å². The van der Waals surface area contributed by atoms with Crippen molar-refractivity contribution in [3.8, 4) is 22.3 Å². The van der Waals surface area contributed by atoms with Crippen LogP contribution in [0.4, 0.5) is 5.69 Å². The number of carbonyl (C=O) groups excluding carboxylic acids is 1. The summed E-state index contributed by atoms with van der Waals surface area (Å²) in [4.78, 5) is 12.0. The molecule has 0 bridgehead atoms. The molecule has 0 aliphatic carbocycles. The van der Waals surface area contributed by atoms with E-state index in [9.17, 15) is 4.79 Å². The second-order valence-corrected chi connectivity index (χ2v) is 5.77. The van der Waals surface area contributed by atoms with Gasteiger partial charge in [-0.15, -0.1) is 0 Å². The largest absolute Gasteiger partial charge is 0.322 e. The highest BCUT2D eigenvalue weighted by molar-refractivity contribution is 6.03. The van der Waals surface area contributed by atoms with Crippen molar-refractivity contribution in [1.29, 1.82) is 0 Å². The number of hydrogen-bond acceptors (Lipinski definition) is 1. The van der Waals surface area contributed by atoms with Crippen molar-refractivity contribution < 1.29 is 4.79 Å². The first-order valence-corrected chi connectivity index (χ1v) is 7.86. The van der Waals surface area contributed by atoms with E-state index in [0.717, 1.165) is 27.9 Å². The molecule has 2 nitrogen and oxygen atoms in total. The van der Waals surface area contributed by atoms with Crippen LogP contribution in [0.15, 0.2) is 91.0 Å². The fourth-order valence-electron chi connectivity index (χ4n) is 2.53. The van der Waals surface area contributed by atoms with E-state index < -0.39 is 0 Å². The van der Waals surface area contributed by atoms with Gasteiger partial charge in [0.25, 0.3) is 5.91 Å². The van der Waals surface area contributed by atoms with Crippen LogP contribution < -0.4 is 5.32 Å². The molecule has 3 aromatic rings. The van der Waals surface area contributed by atoms with E-state index in [1.807, 2.05) is 48.5 Å². The molecule has 3 aromatic carbocycles. The second-order valence-electron chi connectivity index (χ2n) is 5.77. The fraction of sp³-hybridized carbons (Fsp3) is 0.0455. The number of amides is 1. The molecule has 0 unspecified atom stereocenters. The highest BCUT2D eigenvalue weighted by atomic mass is 16.1. The number of hydrogen-bond donors (Lipinski definition) is 1. The van der Waals surface area contributed by atoms with Gasteiger partial charge in [0.1, 0.15) is 0 Å². The summed E-state index contributed by atoms with van der Waals surface area (Å²) in [6.07, 6.45) is 0. The van der Waals surface area contributed by atoms with E-state index in [4.69, 9.17) is 0 Å². The van der Waals surface area contributed by atoms with E-state index in [-0.39, 0.29) is 5.91 Å². The molecule has 0 aliphatic heterocycles. The van der Waals surface area contributed by atoms with Crippen LogP contribution in [-0.4, -0.2) is 5.91 Å². The lowest BCUT2D eigenvalue weighted by molar-refractivity contribution is -0.112. The molecule has 1 amide bonds. The Morgan fingerprint density at radius 1 is 0.750 bits per heavy atom. The number of nitrogens with one attached hydrogen (secondary N) is 1. The summed E-state index contributed by atoms with van der Waals surface area (Å²) in [5.74, 6) is -0.167. The highest BCUT2D eigenvalue weighted by Crippen LogP contribution is 2.30. The lowest BCUT2D eigenvalue weighted by Gasteiger charge is -2.12. The molecule has 0 saturated heterocycles. The predicted octanol–water partition coefficient (Wildman–Crippen LogP) is 5.54. The van der Waals surface area contributed by atoms with Gasteiger partial charge >= 0.3 is 0 Å². The number of rotatable bonds is 4. The molecule has 0 aromatic heterocycles. The molecule has 3 rings (SSSR count). The minimum Gasteiger partial charge on any atom is -0.322 e. The quantitative estimate of drug-likeness (QED) is 0.630. The van der Waals surface area contributed by atoms with E-state index >= 15 is 0 Å². The maximum atomic E-state index is 12.0. The average Bonchev–Trinajstić information content (AvgIpc) is 2.63. The summed E-state index contributed by atoms with van der Waals surface area (Å²) < 4.78 is 0. The smallest absolute Gasteiger partial charge is 0.250 e. The fourth-order valence-corrected chi connectivity index (χ4v) is 2.53. The lowest BCUT2D eigenvalue weighted by Crippen LogP contribution is -2.11. The summed E-state index contributed by atoms with van der Waals surface area (Å²) in [7, 11) is 0. The van der Waals surface area contributed by atoms with Crippen molar-refractivity contribution in [3.63, 3.8) is 0 Å². The van der Waals surface area contributed by atoms with Crippen molar-refractivity contribution in [2.45, 2.75) is 6.92 Å². The van der Waals surface area contributed by atoms with Gasteiger partial charge in [0.15, 0.2) is 0 Å². The van der Waals surface area contributed by atoms with Gasteiger partial charge in [0, 0.05) is 11.3 Å². The van der Waals surface area contributed by atoms with Gasteiger partial charge in [-0.1, -0.05) is 67.2 Å². The van der Waals surface area contributed by atoms with Crippen molar-refractivity contribution in [3.05, 3.63) is 91.0 Å². The maximum absolute atomic E-state index is 12.0. The Kier molecular flexibility index (Phi) is 4.57. The first-order chi connectivity index (χ1) is 11.6. The van der Waals surface area contributed by atoms with Gasteiger partial charge < -0.3 is 5.32 Å². The van der Waals surface area contributed by atoms with Gasteiger partial charge in [-0.25, -0.2) is 0 Å². The van der Waals surface area contributed by atoms with Crippen molar-refractivity contribution in [2.24, 2.45) is 0 Å². The van der Waals surface area contributed by atoms with E-state index in [0.29, 0.717) is 5.57 Å². The Hall–Kier alpha value is -3.13. The number of benzene rings is 3. The monoisotopic (exact) mass is 313 g/mol. The van der Waals surface area contributed by atoms with E-state index in [1.54, 1.807) is 6.92 Å². The molecule has 0 radical (unpaired) electrons. The van der Waals surface area contributed by atoms with Gasteiger partial charge in [-0.3, -0.25) is 4.79 Å². The SMILES string of the molecule is C=C(C)C(=O)Nc1cc(-c2ccccc2)cc(-c2ccccc2)c1. The van der Waals surface area contributed by atoms with Crippen molar-refractivity contribution in [1.82, 2.24) is 0 Å². The molecule has 0 heterocycles. The molecule has 118 valence electrons. The molecule has 0 spiro atoms. The van der Waals surface area contributed by atoms with Crippen LogP contribution in [0.3, 0.4) is 0 Å². The summed E-state index contributed by atoms with van der Waals surface area (Å²) in [5, 5.41) is 2.92. The topological polar surface area (TPSA) is 29.1 Å². The molecule has 0 saturated carbocycles. The minimum absolute atomic E-state index is 0.167. The molecule has 1 N–H and O–H groups in total. The lowest BCUT2D eigenvalue weighted by atomic mass is 9.98. The number of anilines is 1. The highest BCUT2D eigenvalue weighted by Gasteiger charge is 2.08. The molecular formula is C22H19NO. The third-order valence-corrected chi connectivity index (χ3v) is 3.79. The van der Waals surface area contributed by atoms with Gasteiger partial charge in [-0.05, 0) is 47.4 Å². The van der Waals surface area contributed by atoms with Gasteiger partial charge in [-0.2, -0.15) is 0 Å². The van der Waals surface area contributed by atoms with Gasteiger partial charge in [0.05, 0.1) is 0 Å². The van der Waals surface area contributed by atoms with E-state index in [1.165, 1.54) is 0 Å².